The minimum absolute atomic E-state index is 0.357. The molecule has 0 aliphatic heterocycles. The van der Waals surface area contributed by atoms with Crippen molar-refractivity contribution in [3.63, 3.8) is 0 Å². The molecule has 98 valence electrons. The van der Waals surface area contributed by atoms with Gasteiger partial charge in [-0.1, -0.05) is 13.5 Å². The lowest BCUT2D eigenvalue weighted by molar-refractivity contribution is -0.130. The van der Waals surface area contributed by atoms with Crippen LogP contribution in [0, 0.1) is 27.7 Å². The van der Waals surface area contributed by atoms with Crippen LogP contribution in [0.15, 0.2) is 12.2 Å². The minimum Gasteiger partial charge on any atom is -0.423 e. The Labute approximate surface area is 110 Å². The monoisotopic (exact) mass is 246 g/mol. The smallest absolute Gasteiger partial charge is 0.338 e. The van der Waals surface area contributed by atoms with Crippen LogP contribution in [0.25, 0.3) is 0 Å². The molecule has 0 atom stereocenters. The highest BCUT2D eigenvalue weighted by Crippen LogP contribution is 2.33. The first kappa shape index (κ1) is 14.5. The van der Waals surface area contributed by atoms with Crippen molar-refractivity contribution in [2.24, 2.45) is 0 Å². The molecular weight excluding hydrogens is 224 g/mol. The quantitative estimate of drug-likeness (QED) is 0.458. The fraction of sp³-hybridized carbons (Fsp3) is 0.438. The van der Waals surface area contributed by atoms with Gasteiger partial charge in [0.1, 0.15) is 5.75 Å². The normalized spacial score (nSPS) is 10.3. The molecule has 2 heteroatoms. The second-order valence-electron chi connectivity index (χ2n) is 4.83. The Morgan fingerprint density at radius 1 is 1.06 bits per heavy atom. The summed E-state index contributed by atoms with van der Waals surface area (Å²) < 4.78 is 5.46. The zero-order chi connectivity index (χ0) is 14.0. The first-order chi connectivity index (χ1) is 8.31. The van der Waals surface area contributed by atoms with E-state index in [1.54, 1.807) is 6.92 Å². The first-order valence-electron chi connectivity index (χ1n) is 6.28. The summed E-state index contributed by atoms with van der Waals surface area (Å²) in [6.07, 6.45) is 0.994. The molecule has 0 aromatic heterocycles. The van der Waals surface area contributed by atoms with Gasteiger partial charge in [-0.15, -0.1) is 0 Å². The standard InChI is InChI=1S/C16H22O2/c1-8-14-10(4)12(6)15(13(7)11(14)5)18-16(17)9(2)3/h2,8H2,1,3-7H3. The fourth-order valence-electron chi connectivity index (χ4n) is 2.22. The van der Waals surface area contributed by atoms with Gasteiger partial charge < -0.3 is 4.74 Å². The van der Waals surface area contributed by atoms with Gasteiger partial charge in [0, 0.05) is 5.57 Å². The second kappa shape index (κ2) is 5.38. The third kappa shape index (κ3) is 2.47. The molecule has 1 aromatic carbocycles. The summed E-state index contributed by atoms with van der Waals surface area (Å²) in [4.78, 5) is 11.7. The Bertz CT molecular complexity index is 481. The van der Waals surface area contributed by atoms with E-state index in [0.29, 0.717) is 11.3 Å². The fourth-order valence-corrected chi connectivity index (χ4v) is 2.22. The number of esters is 1. The van der Waals surface area contributed by atoms with Gasteiger partial charge in [0.15, 0.2) is 0 Å². The summed E-state index contributed by atoms with van der Waals surface area (Å²) in [6.45, 7) is 15.6. The maximum Gasteiger partial charge on any atom is 0.338 e. The van der Waals surface area contributed by atoms with Crippen molar-refractivity contribution in [2.45, 2.75) is 48.0 Å². The molecule has 0 N–H and O–H groups in total. The topological polar surface area (TPSA) is 26.3 Å². The molecule has 0 amide bonds. The molecule has 1 rings (SSSR count). The van der Waals surface area contributed by atoms with E-state index in [2.05, 4.69) is 27.4 Å². The number of hydrogen-bond acceptors (Lipinski definition) is 2. The third-order valence-electron chi connectivity index (χ3n) is 3.61. The lowest BCUT2D eigenvalue weighted by atomic mass is 9.91. The average molecular weight is 246 g/mol. The van der Waals surface area contributed by atoms with Gasteiger partial charge in [0.2, 0.25) is 0 Å². The summed E-state index contributed by atoms with van der Waals surface area (Å²) in [6, 6.07) is 0. The van der Waals surface area contributed by atoms with Gasteiger partial charge in [-0.2, -0.15) is 0 Å². The van der Waals surface area contributed by atoms with Crippen molar-refractivity contribution in [3.05, 3.63) is 40.0 Å². The molecule has 0 unspecified atom stereocenters. The van der Waals surface area contributed by atoms with Crippen LogP contribution in [0.2, 0.25) is 0 Å². The van der Waals surface area contributed by atoms with Gasteiger partial charge >= 0.3 is 5.97 Å². The summed E-state index contributed by atoms with van der Waals surface area (Å²) in [5.41, 5.74) is 6.29. The summed E-state index contributed by atoms with van der Waals surface area (Å²) in [7, 11) is 0. The van der Waals surface area contributed by atoms with Gasteiger partial charge in [-0.25, -0.2) is 4.79 Å². The van der Waals surface area contributed by atoms with Crippen molar-refractivity contribution in [3.8, 4) is 5.75 Å². The highest BCUT2D eigenvalue weighted by Gasteiger charge is 2.17. The molecule has 2 nitrogen and oxygen atoms in total. The summed E-state index contributed by atoms with van der Waals surface area (Å²) in [5, 5.41) is 0. The molecule has 0 bridgehead atoms. The second-order valence-corrected chi connectivity index (χ2v) is 4.83. The van der Waals surface area contributed by atoms with E-state index < -0.39 is 0 Å². The van der Waals surface area contributed by atoms with Crippen molar-refractivity contribution in [2.75, 3.05) is 0 Å². The van der Waals surface area contributed by atoms with E-state index >= 15 is 0 Å². The number of carbonyl (C=O) groups is 1. The van der Waals surface area contributed by atoms with Crippen LogP contribution in [-0.2, 0) is 11.2 Å². The zero-order valence-electron chi connectivity index (χ0n) is 12.2. The van der Waals surface area contributed by atoms with E-state index in [1.807, 2.05) is 13.8 Å². The van der Waals surface area contributed by atoms with Gasteiger partial charge in [-0.3, -0.25) is 0 Å². The molecule has 0 fully saturated rings. The Morgan fingerprint density at radius 3 is 1.83 bits per heavy atom. The molecule has 0 saturated heterocycles. The molecule has 0 aliphatic rings. The molecule has 0 radical (unpaired) electrons. The van der Waals surface area contributed by atoms with E-state index in [9.17, 15) is 4.79 Å². The van der Waals surface area contributed by atoms with Crippen LogP contribution in [0.4, 0.5) is 0 Å². The Kier molecular flexibility index (Phi) is 4.33. The average Bonchev–Trinajstić information content (AvgIpc) is 2.32. The van der Waals surface area contributed by atoms with Crippen LogP contribution in [0.5, 0.6) is 5.75 Å². The highest BCUT2D eigenvalue weighted by atomic mass is 16.5. The predicted molar refractivity (Wildman–Crippen MR) is 75.2 cm³/mol. The van der Waals surface area contributed by atoms with E-state index in [1.165, 1.54) is 16.7 Å². The number of carbonyl (C=O) groups excluding carboxylic acids is 1. The lowest BCUT2D eigenvalue weighted by Crippen LogP contribution is -2.12. The Balaban J connectivity index is 3.38. The van der Waals surface area contributed by atoms with E-state index in [4.69, 9.17) is 4.74 Å². The molecular formula is C16H22O2. The number of ether oxygens (including phenoxy) is 1. The Morgan fingerprint density at radius 2 is 1.50 bits per heavy atom. The number of rotatable bonds is 3. The maximum atomic E-state index is 11.7. The van der Waals surface area contributed by atoms with Crippen LogP contribution in [0.3, 0.4) is 0 Å². The van der Waals surface area contributed by atoms with Gasteiger partial charge in [-0.05, 0) is 68.9 Å². The van der Waals surface area contributed by atoms with E-state index in [0.717, 1.165) is 17.5 Å². The zero-order valence-corrected chi connectivity index (χ0v) is 12.2. The van der Waals surface area contributed by atoms with Crippen LogP contribution in [-0.4, -0.2) is 5.97 Å². The van der Waals surface area contributed by atoms with E-state index in [-0.39, 0.29) is 5.97 Å². The highest BCUT2D eigenvalue weighted by molar-refractivity contribution is 5.89. The number of benzene rings is 1. The lowest BCUT2D eigenvalue weighted by Gasteiger charge is -2.19. The first-order valence-corrected chi connectivity index (χ1v) is 6.28. The molecule has 0 saturated carbocycles. The summed E-state index contributed by atoms with van der Waals surface area (Å²) >= 11 is 0. The van der Waals surface area contributed by atoms with Gasteiger partial charge in [0.05, 0.1) is 0 Å². The van der Waals surface area contributed by atoms with Crippen molar-refractivity contribution in [1.29, 1.82) is 0 Å². The van der Waals surface area contributed by atoms with Crippen LogP contribution >= 0.6 is 0 Å². The van der Waals surface area contributed by atoms with Crippen molar-refractivity contribution in [1.82, 2.24) is 0 Å². The number of hydrogen-bond donors (Lipinski definition) is 0. The van der Waals surface area contributed by atoms with Gasteiger partial charge in [0.25, 0.3) is 0 Å². The molecule has 0 aliphatic carbocycles. The minimum atomic E-state index is -0.357. The SMILES string of the molecule is C=C(C)C(=O)Oc1c(C)c(C)c(CC)c(C)c1C. The molecule has 0 spiro atoms. The third-order valence-corrected chi connectivity index (χ3v) is 3.61. The Hall–Kier alpha value is -1.57. The van der Waals surface area contributed by atoms with Crippen LogP contribution in [0.1, 0.15) is 41.7 Å². The maximum absolute atomic E-state index is 11.7. The molecule has 1 aromatic rings. The predicted octanol–water partition coefficient (Wildman–Crippen LogP) is 3.96. The van der Waals surface area contributed by atoms with Crippen LogP contribution < -0.4 is 4.74 Å². The van der Waals surface area contributed by atoms with Crippen molar-refractivity contribution < 1.29 is 9.53 Å². The van der Waals surface area contributed by atoms with Crippen molar-refractivity contribution >= 4 is 5.97 Å². The largest absolute Gasteiger partial charge is 0.423 e. The molecule has 0 heterocycles. The molecule has 18 heavy (non-hydrogen) atoms. The summed E-state index contributed by atoms with van der Waals surface area (Å²) in [5.74, 6) is 0.333.